The predicted molar refractivity (Wildman–Crippen MR) is 97.2 cm³/mol. The maximum Gasteiger partial charge on any atom is 0.224 e. The molecule has 0 aliphatic heterocycles. The van der Waals surface area contributed by atoms with Crippen molar-refractivity contribution in [3.8, 4) is 5.75 Å². The van der Waals surface area contributed by atoms with Crippen LogP contribution in [-0.2, 0) is 11.4 Å². The van der Waals surface area contributed by atoms with E-state index in [0.717, 1.165) is 28.8 Å². The first-order chi connectivity index (χ1) is 12.3. The lowest BCUT2D eigenvalue weighted by molar-refractivity contribution is -0.117. The summed E-state index contributed by atoms with van der Waals surface area (Å²) in [5.41, 5.74) is 1.82. The molecule has 2 saturated carbocycles. The molecule has 1 N–H and O–H groups in total. The number of benzene rings is 1. The fourth-order valence-corrected chi connectivity index (χ4v) is 4.39. The molecule has 2 bridgehead atoms. The lowest BCUT2D eigenvalue weighted by Gasteiger charge is -2.21. The number of carbonyl (C=O) groups is 1. The summed E-state index contributed by atoms with van der Waals surface area (Å²) >= 11 is 0. The summed E-state index contributed by atoms with van der Waals surface area (Å²) in [6.07, 6.45) is 9.47. The Morgan fingerprint density at radius 1 is 1.20 bits per heavy atom. The number of ether oxygens (including phenoxy) is 1. The number of nitrogens with zero attached hydrogens (tertiary/aromatic N) is 1. The number of carbonyl (C=O) groups excluding carboxylic acids is 1. The number of nitrogens with one attached hydrogen (secondary N) is 1. The second-order valence-electron chi connectivity index (χ2n) is 7.37. The zero-order valence-corrected chi connectivity index (χ0v) is 14.4. The number of anilines is 1. The highest BCUT2D eigenvalue weighted by molar-refractivity contribution is 5.91. The molecule has 2 aliphatic rings. The summed E-state index contributed by atoms with van der Waals surface area (Å²) in [5.74, 6) is 3.13. The highest BCUT2D eigenvalue weighted by Crippen LogP contribution is 2.49. The average Bonchev–Trinajstić information content (AvgIpc) is 3.24. The summed E-state index contributed by atoms with van der Waals surface area (Å²) in [6.45, 7) is 0.469. The first-order valence-electron chi connectivity index (χ1n) is 9.18. The van der Waals surface area contributed by atoms with E-state index in [2.05, 4.69) is 10.3 Å². The molecule has 2 aromatic rings. The maximum atomic E-state index is 12.4. The van der Waals surface area contributed by atoms with Crippen LogP contribution in [0.3, 0.4) is 0 Å². The van der Waals surface area contributed by atoms with E-state index < -0.39 is 0 Å². The molecule has 4 heteroatoms. The molecule has 4 rings (SSSR count). The van der Waals surface area contributed by atoms with Gasteiger partial charge < -0.3 is 10.1 Å². The van der Waals surface area contributed by atoms with Gasteiger partial charge in [0, 0.05) is 36.1 Å². The van der Waals surface area contributed by atoms with Crippen LogP contribution in [0.15, 0.2) is 48.8 Å². The largest absolute Gasteiger partial charge is 0.489 e. The predicted octanol–water partition coefficient (Wildman–Crippen LogP) is 4.43. The van der Waals surface area contributed by atoms with Gasteiger partial charge >= 0.3 is 0 Å². The zero-order chi connectivity index (χ0) is 17.1. The van der Waals surface area contributed by atoms with Gasteiger partial charge in [0.2, 0.25) is 5.91 Å². The minimum Gasteiger partial charge on any atom is -0.489 e. The quantitative estimate of drug-likeness (QED) is 0.849. The topological polar surface area (TPSA) is 51.2 Å². The van der Waals surface area contributed by atoms with Crippen LogP contribution in [0.25, 0.3) is 0 Å². The van der Waals surface area contributed by atoms with Crippen LogP contribution in [0.1, 0.15) is 37.7 Å². The first kappa shape index (κ1) is 16.1. The van der Waals surface area contributed by atoms with Crippen LogP contribution < -0.4 is 10.1 Å². The normalized spacial score (nSPS) is 24.2. The number of hydrogen-bond acceptors (Lipinski definition) is 3. The molecule has 4 nitrogen and oxygen atoms in total. The van der Waals surface area contributed by atoms with E-state index in [-0.39, 0.29) is 5.91 Å². The Hall–Kier alpha value is -2.36. The van der Waals surface area contributed by atoms with Gasteiger partial charge in [-0.3, -0.25) is 9.78 Å². The summed E-state index contributed by atoms with van der Waals surface area (Å²) < 4.78 is 5.80. The number of aromatic nitrogens is 1. The lowest BCUT2D eigenvalue weighted by atomic mass is 9.86. The van der Waals surface area contributed by atoms with Crippen molar-refractivity contribution in [3.63, 3.8) is 0 Å². The van der Waals surface area contributed by atoms with Crippen LogP contribution in [0, 0.1) is 17.8 Å². The van der Waals surface area contributed by atoms with Crippen molar-refractivity contribution in [2.45, 2.75) is 38.7 Å². The highest BCUT2D eigenvalue weighted by Gasteiger charge is 2.40. The van der Waals surface area contributed by atoms with Crippen LogP contribution in [-0.4, -0.2) is 10.9 Å². The third kappa shape index (κ3) is 4.01. The van der Waals surface area contributed by atoms with Crippen molar-refractivity contribution in [3.05, 3.63) is 54.4 Å². The minimum atomic E-state index is 0.127. The van der Waals surface area contributed by atoms with Crippen LogP contribution >= 0.6 is 0 Å². The van der Waals surface area contributed by atoms with E-state index in [0.29, 0.717) is 18.9 Å². The molecule has 130 valence electrons. The Morgan fingerprint density at radius 2 is 2.16 bits per heavy atom. The summed E-state index contributed by atoms with van der Waals surface area (Å²) in [4.78, 5) is 16.5. The van der Waals surface area contributed by atoms with Crippen molar-refractivity contribution < 1.29 is 9.53 Å². The Morgan fingerprint density at radius 3 is 2.92 bits per heavy atom. The minimum absolute atomic E-state index is 0.127. The molecule has 1 aromatic carbocycles. The second kappa shape index (κ2) is 7.26. The van der Waals surface area contributed by atoms with Gasteiger partial charge in [-0.1, -0.05) is 18.6 Å². The van der Waals surface area contributed by atoms with Crippen molar-refractivity contribution in [2.75, 3.05) is 5.32 Å². The average molecular weight is 336 g/mol. The van der Waals surface area contributed by atoms with Gasteiger partial charge in [0.05, 0.1) is 0 Å². The second-order valence-corrected chi connectivity index (χ2v) is 7.37. The standard InChI is InChI=1S/C21H24N2O2/c24-21(11-18-10-15-6-7-17(18)9-15)23-19-4-1-5-20(12-19)25-14-16-3-2-8-22-13-16/h1-5,8,12-13,15,17-18H,6-7,9-11,14H2,(H,23,24). The molecule has 3 atom stereocenters. The van der Waals surface area contributed by atoms with E-state index in [1.165, 1.54) is 25.7 Å². The molecule has 2 aliphatic carbocycles. The number of rotatable bonds is 6. The molecular weight excluding hydrogens is 312 g/mol. The van der Waals surface area contributed by atoms with Gasteiger partial charge in [0.15, 0.2) is 0 Å². The van der Waals surface area contributed by atoms with Crippen molar-refractivity contribution in [2.24, 2.45) is 17.8 Å². The molecule has 0 spiro atoms. The number of amides is 1. The highest BCUT2D eigenvalue weighted by atomic mass is 16.5. The van der Waals surface area contributed by atoms with Crippen molar-refractivity contribution in [1.82, 2.24) is 4.98 Å². The molecule has 0 radical (unpaired) electrons. The van der Waals surface area contributed by atoms with E-state index in [9.17, 15) is 4.79 Å². The lowest BCUT2D eigenvalue weighted by Crippen LogP contribution is -2.20. The Bertz CT molecular complexity index is 732. The zero-order valence-electron chi connectivity index (χ0n) is 14.4. The van der Waals surface area contributed by atoms with E-state index in [1.54, 1.807) is 12.4 Å². The molecule has 2 fully saturated rings. The van der Waals surface area contributed by atoms with Gasteiger partial charge in [-0.05, 0) is 55.2 Å². The summed E-state index contributed by atoms with van der Waals surface area (Å²) in [5, 5.41) is 3.04. The van der Waals surface area contributed by atoms with Crippen molar-refractivity contribution >= 4 is 11.6 Å². The number of hydrogen-bond donors (Lipinski definition) is 1. The molecule has 1 amide bonds. The fourth-order valence-electron chi connectivity index (χ4n) is 4.39. The molecule has 3 unspecified atom stereocenters. The maximum absolute atomic E-state index is 12.4. The number of fused-ring (bicyclic) bond motifs is 2. The van der Waals surface area contributed by atoms with E-state index >= 15 is 0 Å². The first-order valence-corrected chi connectivity index (χ1v) is 9.18. The van der Waals surface area contributed by atoms with Gasteiger partial charge in [0.1, 0.15) is 12.4 Å². The van der Waals surface area contributed by atoms with Crippen molar-refractivity contribution in [1.29, 1.82) is 0 Å². The Kier molecular flexibility index (Phi) is 4.68. The van der Waals surface area contributed by atoms with Gasteiger partial charge in [0.25, 0.3) is 0 Å². The molecule has 1 heterocycles. The smallest absolute Gasteiger partial charge is 0.224 e. The van der Waals surface area contributed by atoms with Gasteiger partial charge in [-0.2, -0.15) is 0 Å². The third-order valence-electron chi connectivity index (χ3n) is 5.58. The fraction of sp³-hybridized carbons (Fsp3) is 0.429. The molecule has 0 saturated heterocycles. The third-order valence-corrected chi connectivity index (χ3v) is 5.58. The van der Waals surface area contributed by atoms with Gasteiger partial charge in [-0.25, -0.2) is 0 Å². The van der Waals surface area contributed by atoms with Crippen LogP contribution in [0.5, 0.6) is 5.75 Å². The van der Waals surface area contributed by atoms with Crippen LogP contribution in [0.2, 0.25) is 0 Å². The summed E-state index contributed by atoms with van der Waals surface area (Å²) in [7, 11) is 0. The monoisotopic (exact) mass is 336 g/mol. The van der Waals surface area contributed by atoms with Gasteiger partial charge in [-0.15, -0.1) is 0 Å². The summed E-state index contributed by atoms with van der Waals surface area (Å²) in [6, 6.07) is 11.5. The number of pyridine rings is 1. The SMILES string of the molecule is O=C(CC1CC2CCC1C2)Nc1cccc(OCc2cccnc2)c1. The van der Waals surface area contributed by atoms with Crippen LogP contribution in [0.4, 0.5) is 5.69 Å². The molecular formula is C21H24N2O2. The molecule has 25 heavy (non-hydrogen) atoms. The van der Waals surface area contributed by atoms with E-state index in [4.69, 9.17) is 4.74 Å². The molecule has 1 aromatic heterocycles. The Labute approximate surface area is 148 Å². The Balaban J connectivity index is 1.31. The van der Waals surface area contributed by atoms with E-state index in [1.807, 2.05) is 36.4 Å².